The summed E-state index contributed by atoms with van der Waals surface area (Å²) < 4.78 is 152. The molecule has 4 aromatic rings. The molecule has 2 fully saturated rings. The van der Waals surface area contributed by atoms with Gasteiger partial charge in [-0.25, -0.2) is 49.3 Å². The van der Waals surface area contributed by atoms with Crippen LogP contribution in [-0.4, -0.2) is 55.8 Å². The molecule has 0 spiro atoms. The van der Waals surface area contributed by atoms with Crippen LogP contribution < -0.4 is 10.0 Å². The van der Waals surface area contributed by atoms with Gasteiger partial charge in [0, 0.05) is 24.1 Å². The molecule has 0 radical (unpaired) electrons. The number of nitrogens with one attached hydrogen (secondary N) is 2. The maximum Gasteiger partial charge on any atom is 0.417 e. The van der Waals surface area contributed by atoms with Crippen molar-refractivity contribution < 1.29 is 47.6 Å². The van der Waals surface area contributed by atoms with Gasteiger partial charge in [0.1, 0.15) is 25.6 Å². The highest BCUT2D eigenvalue weighted by Gasteiger charge is 2.55. The summed E-state index contributed by atoms with van der Waals surface area (Å²) >= 11 is 0.838. The second-order valence-electron chi connectivity index (χ2n) is 12.3. The van der Waals surface area contributed by atoms with E-state index in [9.17, 15) is 43.2 Å². The molecule has 2 saturated carbocycles. The van der Waals surface area contributed by atoms with Crippen LogP contribution in [0.1, 0.15) is 49.1 Å². The van der Waals surface area contributed by atoms with E-state index in [0.717, 1.165) is 17.4 Å². The monoisotopic (exact) mass is 763 g/mol. The van der Waals surface area contributed by atoms with Crippen LogP contribution in [0, 0.1) is 11.6 Å². The quantitative estimate of drug-likeness (QED) is 0.160. The fourth-order valence-electron chi connectivity index (χ4n) is 5.92. The first-order valence-corrected chi connectivity index (χ1v) is 19.4. The highest BCUT2D eigenvalue weighted by Crippen LogP contribution is 2.56. The smallest absolute Gasteiger partial charge is 0.351 e. The summed E-state index contributed by atoms with van der Waals surface area (Å²) in [5, 5.41) is 2.69. The Morgan fingerprint density at radius 2 is 1.62 bits per heavy atom. The number of halogens is 7. The Labute approximate surface area is 286 Å². The lowest BCUT2D eigenvalue weighted by molar-refractivity contribution is -0.140. The molecule has 2 N–H and O–H groups in total. The summed E-state index contributed by atoms with van der Waals surface area (Å²) in [6.45, 7) is 0. The van der Waals surface area contributed by atoms with Crippen LogP contribution in [0.25, 0.3) is 21.8 Å². The van der Waals surface area contributed by atoms with E-state index in [0.29, 0.717) is 43.9 Å². The fourth-order valence-corrected chi connectivity index (χ4v) is 9.69. The van der Waals surface area contributed by atoms with E-state index in [-0.39, 0.29) is 51.7 Å². The number of aromatic nitrogens is 3. The van der Waals surface area contributed by atoms with Gasteiger partial charge in [0.05, 0.1) is 38.2 Å². The molecule has 19 heteroatoms. The van der Waals surface area contributed by atoms with E-state index in [4.69, 9.17) is 0 Å². The summed E-state index contributed by atoms with van der Waals surface area (Å²) in [7, 11) is -8.55. The zero-order valence-corrected chi connectivity index (χ0v) is 28.4. The number of benzene rings is 2. The molecule has 2 aromatic heterocycles. The van der Waals surface area contributed by atoms with Crippen LogP contribution in [-0.2, 0) is 31.5 Å². The molecule has 2 heterocycles. The van der Waals surface area contributed by atoms with E-state index >= 15 is 4.39 Å². The van der Waals surface area contributed by atoms with Gasteiger partial charge in [-0.3, -0.25) is 4.72 Å². The van der Waals surface area contributed by atoms with Crippen molar-refractivity contribution in [1.82, 2.24) is 15.0 Å². The molecule has 6 rings (SSSR count). The lowest BCUT2D eigenvalue weighted by Crippen LogP contribution is -2.32. The van der Waals surface area contributed by atoms with Gasteiger partial charge in [0.15, 0.2) is 5.82 Å². The summed E-state index contributed by atoms with van der Waals surface area (Å²) in [4.78, 5) is 11.5. The van der Waals surface area contributed by atoms with E-state index in [1.165, 1.54) is 30.7 Å². The Kier molecular flexibility index (Phi) is 9.38. The van der Waals surface area contributed by atoms with Crippen molar-refractivity contribution in [3.63, 3.8) is 0 Å². The lowest BCUT2D eigenvalue weighted by atomic mass is 9.95. The first-order chi connectivity index (χ1) is 23.4. The molecular weight excluding hydrogens is 736 g/mol. The molecule has 9 nitrogen and oxygen atoms in total. The van der Waals surface area contributed by atoms with Crippen molar-refractivity contribution in [3.8, 4) is 21.8 Å². The van der Waals surface area contributed by atoms with Gasteiger partial charge < -0.3 is 5.32 Å². The van der Waals surface area contributed by atoms with Crippen molar-refractivity contribution in [2.75, 3.05) is 16.3 Å². The molecular formula is C31H28F7N5O4S3. The van der Waals surface area contributed by atoms with Gasteiger partial charge in [-0.2, -0.15) is 13.2 Å². The van der Waals surface area contributed by atoms with E-state index < -0.39 is 70.9 Å². The minimum atomic E-state index is -5.36. The topological polar surface area (TPSA) is 131 Å². The predicted molar refractivity (Wildman–Crippen MR) is 172 cm³/mol. The van der Waals surface area contributed by atoms with Crippen LogP contribution >= 0.6 is 11.3 Å². The van der Waals surface area contributed by atoms with Crippen LogP contribution in [0.3, 0.4) is 0 Å². The van der Waals surface area contributed by atoms with Gasteiger partial charge in [-0.05, 0) is 68.9 Å². The Morgan fingerprint density at radius 3 is 2.24 bits per heavy atom. The van der Waals surface area contributed by atoms with Crippen molar-refractivity contribution in [2.45, 2.75) is 72.7 Å². The van der Waals surface area contributed by atoms with Crippen molar-refractivity contribution in [3.05, 3.63) is 70.9 Å². The molecule has 2 aromatic carbocycles. The number of anilines is 2. The van der Waals surface area contributed by atoms with Gasteiger partial charge in [-0.1, -0.05) is 12.1 Å². The van der Waals surface area contributed by atoms with E-state index in [2.05, 4.69) is 20.3 Å². The number of nitrogens with zero attached hydrogens (tertiary/aromatic N) is 3. The van der Waals surface area contributed by atoms with Gasteiger partial charge in [0.2, 0.25) is 12.4 Å². The Bertz CT molecular complexity index is 2150. The number of thiazole rings is 1. The number of hydrogen-bond acceptors (Lipinski definition) is 9. The lowest BCUT2D eigenvalue weighted by Gasteiger charge is -2.28. The SMILES string of the molecule is CS(=O)(=O)[C@H]1CC[C@H](Nc2nccc(-c3sc(C4(C(F)F)CC4)nc3-c3cccc(NS(=O)(=O)c4c(F)cccc4C(F)(F)F)c3F)n2)CC1. The van der Waals surface area contributed by atoms with E-state index in [1.807, 2.05) is 0 Å². The van der Waals surface area contributed by atoms with Gasteiger partial charge in [-0.15, -0.1) is 11.3 Å². The number of sulfonamides is 1. The normalized spacial score (nSPS) is 19.4. The Balaban J connectivity index is 1.37. The average Bonchev–Trinajstić information content (AvgIpc) is 3.74. The molecule has 0 amide bonds. The Morgan fingerprint density at radius 1 is 0.940 bits per heavy atom. The second kappa shape index (κ2) is 13.0. The fraction of sp³-hybridized carbons (Fsp3) is 0.387. The summed E-state index contributed by atoms with van der Waals surface area (Å²) in [5.41, 5.74) is -4.64. The second-order valence-corrected chi connectivity index (χ2v) is 17.2. The molecule has 0 unspecified atom stereocenters. The highest BCUT2D eigenvalue weighted by atomic mass is 32.2. The Hall–Kier alpha value is -3.84. The van der Waals surface area contributed by atoms with Crippen LogP contribution in [0.15, 0.2) is 53.6 Å². The minimum Gasteiger partial charge on any atom is -0.351 e. The molecule has 2 aliphatic rings. The molecule has 2 aliphatic carbocycles. The standard InChI is InChI=1S/C31H28F7N5O4S3/c1-49(44,45)17-10-8-16(9-11-17)40-29-39-15-12-22(41-29)25-24(42-28(48-25)30(13-14-30)27(34)35)18-4-2-7-21(23(18)33)43-50(46,47)26-19(31(36,37)38)5-3-6-20(26)32/h2-7,12,15-17,27,43H,8-11,13-14H2,1H3,(H,39,40,41)/t16-,17-. The first-order valence-electron chi connectivity index (χ1n) is 15.2. The molecule has 50 heavy (non-hydrogen) atoms. The third-order valence-corrected chi connectivity index (χ3v) is 13.2. The van der Waals surface area contributed by atoms with Crippen molar-refractivity contribution in [1.29, 1.82) is 0 Å². The average molecular weight is 764 g/mol. The van der Waals surface area contributed by atoms with Crippen molar-refractivity contribution >= 4 is 42.8 Å². The molecule has 268 valence electrons. The molecule has 0 aliphatic heterocycles. The number of alkyl halides is 5. The first kappa shape index (κ1) is 36.0. The summed E-state index contributed by atoms with van der Waals surface area (Å²) in [6, 6.07) is 6.11. The van der Waals surface area contributed by atoms with Crippen LogP contribution in [0.2, 0.25) is 0 Å². The molecule has 0 saturated heterocycles. The highest BCUT2D eigenvalue weighted by molar-refractivity contribution is 7.92. The summed E-state index contributed by atoms with van der Waals surface area (Å²) in [6.07, 6.45) is -3.37. The third kappa shape index (κ3) is 7.03. The molecule has 0 atom stereocenters. The number of hydrogen-bond donors (Lipinski definition) is 2. The number of rotatable bonds is 10. The van der Waals surface area contributed by atoms with E-state index in [1.54, 1.807) is 4.72 Å². The predicted octanol–water partition coefficient (Wildman–Crippen LogP) is 7.43. The number of sulfone groups is 1. The minimum absolute atomic E-state index is 0.0173. The maximum atomic E-state index is 16.2. The maximum absolute atomic E-state index is 16.2. The van der Waals surface area contributed by atoms with Gasteiger partial charge >= 0.3 is 6.18 Å². The van der Waals surface area contributed by atoms with Crippen LogP contribution in [0.4, 0.5) is 42.4 Å². The zero-order valence-electron chi connectivity index (χ0n) is 25.9. The molecule has 0 bridgehead atoms. The summed E-state index contributed by atoms with van der Waals surface area (Å²) in [5.74, 6) is -2.89. The third-order valence-electron chi connectivity index (χ3n) is 8.80. The van der Waals surface area contributed by atoms with Crippen LogP contribution in [0.5, 0.6) is 0 Å². The van der Waals surface area contributed by atoms with Crippen molar-refractivity contribution in [2.24, 2.45) is 0 Å². The zero-order chi connectivity index (χ0) is 36.2. The largest absolute Gasteiger partial charge is 0.417 e. The van der Waals surface area contributed by atoms with Gasteiger partial charge in [0.25, 0.3) is 10.0 Å².